The second kappa shape index (κ2) is 13.7. The molecule has 7 heteroatoms. The van der Waals surface area contributed by atoms with E-state index in [1.54, 1.807) is 7.11 Å². The van der Waals surface area contributed by atoms with Crippen molar-refractivity contribution < 1.29 is 14.3 Å². The number of carbonyl (C=O) groups is 1. The maximum Gasteiger partial charge on any atom is 0.222 e. The van der Waals surface area contributed by atoms with Crippen LogP contribution in [0.3, 0.4) is 0 Å². The van der Waals surface area contributed by atoms with Gasteiger partial charge in [0.05, 0.1) is 13.7 Å². The largest absolute Gasteiger partial charge is 0.497 e. The van der Waals surface area contributed by atoms with Gasteiger partial charge in [0.15, 0.2) is 5.96 Å². The van der Waals surface area contributed by atoms with Crippen LogP contribution in [0.5, 0.6) is 11.5 Å². The molecule has 0 saturated carbocycles. The fraction of sp³-hybridized carbons (Fsp3) is 0.636. The van der Waals surface area contributed by atoms with Crippen LogP contribution in [-0.4, -0.2) is 63.2 Å². The molecule has 1 aromatic carbocycles. The minimum atomic E-state index is 0.305. The van der Waals surface area contributed by atoms with Gasteiger partial charge >= 0.3 is 0 Å². The third kappa shape index (κ3) is 9.07. The lowest BCUT2D eigenvalue weighted by atomic mass is 10.2. The Morgan fingerprint density at radius 3 is 2.66 bits per heavy atom. The van der Waals surface area contributed by atoms with Crippen LogP contribution in [0.4, 0.5) is 0 Å². The number of amides is 1. The molecule has 2 rings (SSSR count). The van der Waals surface area contributed by atoms with E-state index in [9.17, 15) is 4.79 Å². The highest BCUT2D eigenvalue weighted by atomic mass is 16.5. The molecule has 0 aromatic heterocycles. The first-order chi connectivity index (χ1) is 14.2. The molecule has 2 N–H and O–H groups in total. The Labute approximate surface area is 174 Å². The highest BCUT2D eigenvalue weighted by Crippen LogP contribution is 2.17. The van der Waals surface area contributed by atoms with Gasteiger partial charge in [-0.25, -0.2) is 0 Å². The topological polar surface area (TPSA) is 75.2 Å². The Morgan fingerprint density at radius 2 is 1.90 bits per heavy atom. The molecule has 29 heavy (non-hydrogen) atoms. The third-order valence-corrected chi connectivity index (χ3v) is 4.81. The second-order valence-corrected chi connectivity index (χ2v) is 7.11. The number of likely N-dealkylation sites (tertiary alicyclic amines) is 1. The van der Waals surface area contributed by atoms with Gasteiger partial charge in [-0.05, 0) is 50.5 Å². The molecule has 1 saturated heterocycles. The molecule has 1 heterocycles. The number of nitrogens with zero attached hydrogens (tertiary/aromatic N) is 2. The van der Waals surface area contributed by atoms with Crippen molar-refractivity contribution in [2.24, 2.45) is 4.99 Å². The molecule has 0 bridgehead atoms. The predicted octanol–water partition coefficient (Wildman–Crippen LogP) is 2.81. The molecule has 1 aromatic rings. The molecule has 1 amide bonds. The first kappa shape index (κ1) is 22.8. The average Bonchev–Trinajstić information content (AvgIpc) is 2.95. The minimum absolute atomic E-state index is 0.305. The van der Waals surface area contributed by atoms with Gasteiger partial charge in [-0.3, -0.25) is 9.79 Å². The number of methoxy groups -OCH3 is 1. The summed E-state index contributed by atoms with van der Waals surface area (Å²) in [5, 5.41) is 6.62. The number of benzene rings is 1. The minimum Gasteiger partial charge on any atom is -0.497 e. The third-order valence-electron chi connectivity index (χ3n) is 4.81. The van der Waals surface area contributed by atoms with E-state index < -0.39 is 0 Å². The smallest absolute Gasteiger partial charge is 0.222 e. The molecule has 1 aliphatic rings. The molecule has 1 fully saturated rings. The van der Waals surface area contributed by atoms with Crippen molar-refractivity contribution in [3.8, 4) is 11.5 Å². The average molecular weight is 405 g/mol. The van der Waals surface area contributed by atoms with Crippen LogP contribution in [0.15, 0.2) is 29.3 Å². The lowest BCUT2D eigenvalue weighted by molar-refractivity contribution is -0.130. The number of carbonyl (C=O) groups excluding carboxylic acids is 1. The van der Waals surface area contributed by atoms with E-state index in [0.717, 1.165) is 69.3 Å². The Kier molecular flexibility index (Phi) is 10.8. The van der Waals surface area contributed by atoms with E-state index >= 15 is 0 Å². The molecule has 7 nitrogen and oxygen atoms in total. The number of hydrogen-bond donors (Lipinski definition) is 2. The monoisotopic (exact) mass is 404 g/mol. The maximum atomic E-state index is 12.0. The van der Waals surface area contributed by atoms with E-state index in [-0.39, 0.29) is 0 Å². The molecular weight excluding hydrogens is 368 g/mol. The van der Waals surface area contributed by atoms with Crippen LogP contribution < -0.4 is 20.1 Å². The van der Waals surface area contributed by atoms with Gasteiger partial charge in [0, 0.05) is 45.6 Å². The van der Waals surface area contributed by atoms with Crippen LogP contribution in [0.25, 0.3) is 0 Å². The first-order valence-electron chi connectivity index (χ1n) is 10.8. The summed E-state index contributed by atoms with van der Waals surface area (Å²) in [6.45, 7) is 6.71. The Hall–Kier alpha value is -2.44. The molecule has 0 atom stereocenters. The molecule has 0 aliphatic carbocycles. The number of aliphatic imine (C=N–C) groups is 1. The van der Waals surface area contributed by atoms with Crippen LogP contribution in [-0.2, 0) is 4.79 Å². The van der Waals surface area contributed by atoms with Crippen molar-refractivity contribution in [2.45, 2.75) is 45.4 Å². The van der Waals surface area contributed by atoms with E-state index in [1.165, 1.54) is 6.42 Å². The zero-order valence-corrected chi connectivity index (χ0v) is 17.9. The molecular formula is C22H36N4O3. The quantitative estimate of drug-likeness (QED) is 0.337. The number of ether oxygens (including phenoxy) is 2. The van der Waals surface area contributed by atoms with E-state index in [1.807, 2.05) is 29.2 Å². The maximum absolute atomic E-state index is 12.0. The fourth-order valence-corrected chi connectivity index (χ4v) is 3.21. The molecule has 0 spiro atoms. The van der Waals surface area contributed by atoms with Gasteiger partial charge in [-0.15, -0.1) is 0 Å². The molecule has 0 radical (unpaired) electrons. The second-order valence-electron chi connectivity index (χ2n) is 7.11. The fourth-order valence-electron chi connectivity index (χ4n) is 3.21. The summed E-state index contributed by atoms with van der Waals surface area (Å²) in [4.78, 5) is 18.6. The summed E-state index contributed by atoms with van der Waals surface area (Å²) in [7, 11) is 1.65. The van der Waals surface area contributed by atoms with E-state index in [0.29, 0.717) is 25.5 Å². The van der Waals surface area contributed by atoms with Crippen molar-refractivity contribution >= 4 is 11.9 Å². The van der Waals surface area contributed by atoms with E-state index in [4.69, 9.17) is 9.47 Å². The number of nitrogens with one attached hydrogen (secondary N) is 2. The lowest BCUT2D eigenvalue weighted by Gasteiger charge is -2.20. The van der Waals surface area contributed by atoms with Crippen LogP contribution >= 0.6 is 0 Å². The summed E-state index contributed by atoms with van der Waals surface area (Å²) in [6, 6.07) is 7.59. The van der Waals surface area contributed by atoms with Gasteiger partial charge in [0.1, 0.15) is 11.5 Å². The normalized spacial score (nSPS) is 15.0. The molecule has 0 unspecified atom stereocenters. The summed E-state index contributed by atoms with van der Waals surface area (Å²) >= 11 is 0. The summed E-state index contributed by atoms with van der Waals surface area (Å²) in [5.41, 5.74) is 0. The highest BCUT2D eigenvalue weighted by Gasteiger charge is 2.15. The van der Waals surface area contributed by atoms with E-state index in [2.05, 4.69) is 22.5 Å². The van der Waals surface area contributed by atoms with Crippen LogP contribution in [0.1, 0.15) is 45.4 Å². The highest BCUT2D eigenvalue weighted by molar-refractivity contribution is 5.79. The Bertz CT molecular complexity index is 619. The Balaban J connectivity index is 1.62. The van der Waals surface area contributed by atoms with Gasteiger partial charge < -0.3 is 25.0 Å². The van der Waals surface area contributed by atoms with Gasteiger partial charge in [-0.1, -0.05) is 6.42 Å². The zero-order chi connectivity index (χ0) is 20.7. The van der Waals surface area contributed by atoms with Gasteiger partial charge in [-0.2, -0.15) is 0 Å². The van der Waals surface area contributed by atoms with Crippen molar-refractivity contribution in [3.63, 3.8) is 0 Å². The predicted molar refractivity (Wildman–Crippen MR) is 117 cm³/mol. The molecule has 162 valence electrons. The standard InChI is InChI=1S/C22H36N4O3/c1-3-23-22(24-14-7-17-26-16-6-4-5-9-21(26)27)25-15-8-18-29-20-12-10-19(28-2)11-13-20/h10-13H,3-9,14-18H2,1-2H3,(H2,23,24,25). The summed E-state index contributed by atoms with van der Waals surface area (Å²) < 4.78 is 10.9. The van der Waals surface area contributed by atoms with Gasteiger partial charge in [0.25, 0.3) is 0 Å². The first-order valence-corrected chi connectivity index (χ1v) is 10.8. The SMILES string of the molecule is CCNC(=NCCCOc1ccc(OC)cc1)NCCCN1CCCCCC1=O. The lowest BCUT2D eigenvalue weighted by Crippen LogP contribution is -2.39. The molecule has 1 aliphatic heterocycles. The summed E-state index contributed by atoms with van der Waals surface area (Å²) in [6.07, 6.45) is 5.80. The Morgan fingerprint density at radius 1 is 1.10 bits per heavy atom. The van der Waals surface area contributed by atoms with Crippen LogP contribution in [0, 0.1) is 0 Å². The van der Waals surface area contributed by atoms with Crippen molar-refractivity contribution in [1.29, 1.82) is 0 Å². The zero-order valence-electron chi connectivity index (χ0n) is 17.9. The number of rotatable bonds is 11. The summed E-state index contributed by atoms with van der Waals surface area (Å²) in [5.74, 6) is 2.78. The number of guanidine groups is 1. The van der Waals surface area contributed by atoms with Crippen molar-refractivity contribution in [3.05, 3.63) is 24.3 Å². The van der Waals surface area contributed by atoms with Crippen molar-refractivity contribution in [1.82, 2.24) is 15.5 Å². The van der Waals surface area contributed by atoms with Crippen LogP contribution in [0.2, 0.25) is 0 Å². The van der Waals surface area contributed by atoms with Crippen molar-refractivity contribution in [2.75, 3.05) is 46.4 Å². The van der Waals surface area contributed by atoms with Gasteiger partial charge in [0.2, 0.25) is 5.91 Å². The number of hydrogen-bond acceptors (Lipinski definition) is 4.